The highest BCUT2D eigenvalue weighted by molar-refractivity contribution is 5.94. The fraction of sp³-hybridized carbons (Fsp3) is 0.350. The number of hydrogen-bond acceptors (Lipinski definition) is 5. The van der Waals surface area contributed by atoms with E-state index in [9.17, 15) is 28.1 Å². The summed E-state index contributed by atoms with van der Waals surface area (Å²) in [5.41, 5.74) is 0.775. The molecule has 2 aromatic carbocycles. The van der Waals surface area contributed by atoms with Crippen molar-refractivity contribution in [1.29, 1.82) is 0 Å². The number of carbonyl (C=O) groups is 1. The summed E-state index contributed by atoms with van der Waals surface area (Å²) in [6, 6.07) is 10.9. The van der Waals surface area contributed by atoms with Crippen LogP contribution < -0.4 is 4.74 Å². The zero-order valence-electron chi connectivity index (χ0n) is 15.8. The lowest BCUT2D eigenvalue weighted by atomic mass is 10.1. The summed E-state index contributed by atoms with van der Waals surface area (Å²) in [5, 5.41) is 10.7. The van der Waals surface area contributed by atoms with Crippen molar-refractivity contribution in [3.8, 4) is 5.75 Å². The first-order valence-electron chi connectivity index (χ1n) is 9.21. The number of rotatable bonds is 6. The first-order chi connectivity index (χ1) is 14.2. The number of carbonyl (C=O) groups excluding carboxylic acids is 1. The van der Waals surface area contributed by atoms with Gasteiger partial charge in [-0.1, -0.05) is 12.1 Å². The fourth-order valence-corrected chi connectivity index (χ4v) is 3.21. The summed E-state index contributed by atoms with van der Waals surface area (Å²) < 4.78 is 46.7. The zero-order chi connectivity index (χ0) is 21.7. The molecule has 0 N–H and O–H groups in total. The molecular formula is C20H19F3N2O5. The number of piperidine rings is 1. The molecule has 7 nitrogen and oxygen atoms in total. The Kier molecular flexibility index (Phi) is 6.56. The lowest BCUT2D eigenvalue weighted by molar-refractivity contribution is -0.384. The number of ether oxygens (including phenoxy) is 2. The Bertz CT molecular complexity index is 902. The van der Waals surface area contributed by atoms with Crippen molar-refractivity contribution >= 4 is 11.6 Å². The maximum absolute atomic E-state index is 12.7. The number of halogens is 3. The van der Waals surface area contributed by atoms with E-state index in [0.29, 0.717) is 37.1 Å². The molecule has 0 saturated carbocycles. The van der Waals surface area contributed by atoms with Crippen LogP contribution in [0.5, 0.6) is 5.75 Å². The van der Waals surface area contributed by atoms with Crippen molar-refractivity contribution < 1.29 is 32.4 Å². The van der Waals surface area contributed by atoms with Crippen LogP contribution in [0.2, 0.25) is 0 Å². The van der Waals surface area contributed by atoms with E-state index in [-0.39, 0.29) is 30.1 Å². The molecule has 160 valence electrons. The Hall–Kier alpha value is -3.14. The molecule has 0 spiro atoms. The van der Waals surface area contributed by atoms with E-state index in [1.807, 2.05) is 0 Å². The fourth-order valence-electron chi connectivity index (χ4n) is 3.21. The Morgan fingerprint density at radius 3 is 2.60 bits per heavy atom. The Morgan fingerprint density at radius 2 is 1.93 bits per heavy atom. The van der Waals surface area contributed by atoms with Crippen molar-refractivity contribution in [3.63, 3.8) is 0 Å². The molecule has 2 aromatic rings. The van der Waals surface area contributed by atoms with Crippen LogP contribution in [0.4, 0.5) is 18.9 Å². The van der Waals surface area contributed by atoms with Gasteiger partial charge < -0.3 is 14.4 Å². The Morgan fingerprint density at radius 1 is 1.20 bits per heavy atom. The highest BCUT2D eigenvalue weighted by atomic mass is 19.4. The van der Waals surface area contributed by atoms with Crippen molar-refractivity contribution in [2.75, 3.05) is 13.1 Å². The average molecular weight is 424 g/mol. The zero-order valence-corrected chi connectivity index (χ0v) is 15.8. The molecule has 1 aliphatic heterocycles. The van der Waals surface area contributed by atoms with Gasteiger partial charge in [-0.2, -0.15) is 0 Å². The minimum Gasteiger partial charge on any atom is -0.406 e. The number of hydrogen-bond donors (Lipinski definition) is 0. The van der Waals surface area contributed by atoms with E-state index in [1.165, 1.54) is 42.5 Å². The molecule has 3 rings (SSSR count). The van der Waals surface area contributed by atoms with Crippen LogP contribution in [0.3, 0.4) is 0 Å². The Labute approximate surface area is 170 Å². The van der Waals surface area contributed by atoms with Gasteiger partial charge in [0, 0.05) is 30.8 Å². The molecule has 0 aliphatic carbocycles. The summed E-state index contributed by atoms with van der Waals surface area (Å²) >= 11 is 0. The van der Waals surface area contributed by atoms with Crippen LogP contribution in [0.1, 0.15) is 28.8 Å². The summed E-state index contributed by atoms with van der Waals surface area (Å²) in [6.45, 7) is 0.943. The molecule has 1 unspecified atom stereocenters. The van der Waals surface area contributed by atoms with Gasteiger partial charge in [0.25, 0.3) is 11.6 Å². The second kappa shape index (κ2) is 9.12. The van der Waals surface area contributed by atoms with Crippen LogP contribution in [0.25, 0.3) is 0 Å². The third kappa shape index (κ3) is 5.93. The van der Waals surface area contributed by atoms with E-state index in [1.54, 1.807) is 11.0 Å². The smallest absolute Gasteiger partial charge is 0.406 e. The molecule has 1 fully saturated rings. The number of nitro groups is 1. The minimum absolute atomic E-state index is 0.0826. The first kappa shape index (κ1) is 21.6. The first-order valence-corrected chi connectivity index (χ1v) is 9.21. The SMILES string of the molecule is O=C(c1ccc([N+](=O)[O-])cc1)N1CCCC(OCc2cccc(OC(F)(F)F)c2)C1. The molecule has 1 amide bonds. The standard InChI is InChI=1S/C20H19F3N2O5/c21-20(22,23)30-17-4-1-3-14(11-17)13-29-18-5-2-10-24(12-18)19(26)15-6-8-16(9-7-15)25(27)28/h1,3-4,6-9,11,18H,2,5,10,12-13H2. The summed E-state index contributed by atoms with van der Waals surface area (Å²) in [5.74, 6) is -0.569. The largest absolute Gasteiger partial charge is 0.573 e. The van der Waals surface area contributed by atoms with Gasteiger partial charge in [0.2, 0.25) is 0 Å². The van der Waals surface area contributed by atoms with Crippen LogP contribution in [0.15, 0.2) is 48.5 Å². The van der Waals surface area contributed by atoms with Gasteiger partial charge in [-0.25, -0.2) is 0 Å². The maximum atomic E-state index is 12.7. The molecule has 0 aromatic heterocycles. The summed E-state index contributed by atoms with van der Waals surface area (Å²) in [4.78, 5) is 24.5. The molecule has 1 atom stereocenters. The van der Waals surface area contributed by atoms with Gasteiger partial charge in [0.05, 0.1) is 17.6 Å². The molecule has 1 saturated heterocycles. The number of non-ortho nitro benzene ring substituents is 1. The van der Waals surface area contributed by atoms with Crippen molar-refractivity contribution in [2.45, 2.75) is 31.9 Å². The van der Waals surface area contributed by atoms with E-state index in [4.69, 9.17) is 4.74 Å². The van der Waals surface area contributed by atoms with Gasteiger partial charge in [0.1, 0.15) is 5.75 Å². The molecule has 0 radical (unpaired) electrons. The highest BCUT2D eigenvalue weighted by Gasteiger charge is 2.31. The highest BCUT2D eigenvalue weighted by Crippen LogP contribution is 2.24. The molecule has 1 aliphatic rings. The van der Waals surface area contributed by atoms with Crippen LogP contribution in [-0.2, 0) is 11.3 Å². The lowest BCUT2D eigenvalue weighted by Crippen LogP contribution is -2.43. The second-order valence-electron chi connectivity index (χ2n) is 6.83. The predicted molar refractivity (Wildman–Crippen MR) is 99.9 cm³/mol. The van der Waals surface area contributed by atoms with Crippen molar-refractivity contribution in [1.82, 2.24) is 4.90 Å². The number of benzene rings is 2. The van der Waals surface area contributed by atoms with E-state index >= 15 is 0 Å². The average Bonchev–Trinajstić information content (AvgIpc) is 2.71. The van der Waals surface area contributed by atoms with Crippen LogP contribution >= 0.6 is 0 Å². The monoisotopic (exact) mass is 424 g/mol. The topological polar surface area (TPSA) is 81.9 Å². The maximum Gasteiger partial charge on any atom is 0.573 e. The van der Waals surface area contributed by atoms with E-state index in [2.05, 4.69) is 4.74 Å². The van der Waals surface area contributed by atoms with E-state index in [0.717, 1.165) is 0 Å². The van der Waals surface area contributed by atoms with Gasteiger partial charge in [-0.05, 0) is 42.7 Å². The van der Waals surface area contributed by atoms with Crippen molar-refractivity contribution in [2.24, 2.45) is 0 Å². The molecule has 0 bridgehead atoms. The van der Waals surface area contributed by atoms with Crippen molar-refractivity contribution in [3.05, 3.63) is 69.8 Å². The second-order valence-corrected chi connectivity index (χ2v) is 6.83. The Balaban J connectivity index is 1.57. The molecule has 30 heavy (non-hydrogen) atoms. The number of nitrogens with zero attached hydrogens (tertiary/aromatic N) is 2. The third-order valence-corrected chi connectivity index (χ3v) is 4.61. The van der Waals surface area contributed by atoms with Gasteiger partial charge in [-0.15, -0.1) is 13.2 Å². The number of alkyl halides is 3. The molecule has 10 heteroatoms. The van der Waals surface area contributed by atoms with Gasteiger partial charge in [0.15, 0.2) is 0 Å². The van der Waals surface area contributed by atoms with Gasteiger partial charge >= 0.3 is 6.36 Å². The summed E-state index contributed by atoms with van der Waals surface area (Å²) in [6.07, 6.45) is -3.61. The molecular weight excluding hydrogens is 405 g/mol. The van der Waals surface area contributed by atoms with Crippen LogP contribution in [-0.4, -0.2) is 41.3 Å². The van der Waals surface area contributed by atoms with Gasteiger partial charge in [-0.3, -0.25) is 14.9 Å². The minimum atomic E-state index is -4.76. The molecule has 1 heterocycles. The van der Waals surface area contributed by atoms with E-state index < -0.39 is 11.3 Å². The third-order valence-electron chi connectivity index (χ3n) is 4.61. The number of amides is 1. The summed E-state index contributed by atoms with van der Waals surface area (Å²) in [7, 11) is 0. The normalized spacial score (nSPS) is 16.9. The number of nitro benzene ring substituents is 1. The quantitative estimate of drug-likeness (QED) is 0.510. The number of likely N-dealkylation sites (tertiary alicyclic amines) is 1. The predicted octanol–water partition coefficient (Wildman–Crippen LogP) is 4.31. The van der Waals surface area contributed by atoms with Crippen LogP contribution in [0, 0.1) is 10.1 Å². The lowest BCUT2D eigenvalue weighted by Gasteiger charge is -2.32.